The SMILES string of the molecule is C1N2CN1CN1CN(C1)C2.CCn1ncc(C=O)c1Br.CCn1nccc1Br. The third-order valence-electron chi connectivity index (χ3n) is 4.59. The second-order valence-corrected chi connectivity index (χ2v) is 8.39. The lowest BCUT2D eigenvalue weighted by molar-refractivity contribution is -0.194. The van der Waals surface area contributed by atoms with Crippen molar-refractivity contribution in [2.24, 2.45) is 0 Å². The molecule has 0 N–H and O–H groups in total. The molecule has 0 aliphatic carbocycles. The molecule has 11 heteroatoms. The van der Waals surface area contributed by atoms with Gasteiger partial charge < -0.3 is 0 Å². The molecule has 0 aromatic carbocycles. The van der Waals surface area contributed by atoms with Gasteiger partial charge in [-0.3, -0.25) is 33.8 Å². The van der Waals surface area contributed by atoms with E-state index in [0.717, 1.165) is 28.6 Å². The van der Waals surface area contributed by atoms with Gasteiger partial charge in [-0.1, -0.05) is 0 Å². The first kappa shape index (κ1) is 21.6. The number of nitrogens with zero attached hydrogens (tertiary/aromatic N) is 8. The maximum Gasteiger partial charge on any atom is 0.154 e. The number of carbonyl (C=O) groups excluding carboxylic acids is 1. The number of rotatable bonds is 3. The topological polar surface area (TPSA) is 65.7 Å². The van der Waals surface area contributed by atoms with E-state index in [-0.39, 0.29) is 0 Å². The van der Waals surface area contributed by atoms with Crippen molar-refractivity contribution >= 4 is 38.1 Å². The minimum Gasteiger partial charge on any atom is -0.298 e. The van der Waals surface area contributed by atoms with Crippen molar-refractivity contribution in [3.8, 4) is 0 Å². The van der Waals surface area contributed by atoms with Gasteiger partial charge in [-0.15, -0.1) is 0 Å². The molecule has 2 aromatic heterocycles. The Bertz CT molecular complexity index is 737. The minimum atomic E-state index is 0.599. The fraction of sp³-hybridized carbons (Fsp3) is 0.588. The minimum absolute atomic E-state index is 0.599. The van der Waals surface area contributed by atoms with E-state index in [9.17, 15) is 4.79 Å². The van der Waals surface area contributed by atoms with Crippen LogP contribution in [0.2, 0.25) is 0 Å². The summed E-state index contributed by atoms with van der Waals surface area (Å²) in [5, 5.41) is 7.95. The summed E-state index contributed by atoms with van der Waals surface area (Å²) in [4.78, 5) is 20.1. The monoisotopic (exact) mass is 516 g/mol. The highest BCUT2D eigenvalue weighted by molar-refractivity contribution is 9.10. The van der Waals surface area contributed by atoms with Crippen LogP contribution in [0, 0.1) is 0 Å². The average molecular weight is 518 g/mol. The molecule has 4 bridgehead atoms. The van der Waals surface area contributed by atoms with Crippen molar-refractivity contribution in [1.29, 1.82) is 0 Å². The van der Waals surface area contributed by atoms with Gasteiger partial charge in [0.15, 0.2) is 6.29 Å². The van der Waals surface area contributed by atoms with Crippen molar-refractivity contribution in [2.45, 2.75) is 26.9 Å². The summed E-state index contributed by atoms with van der Waals surface area (Å²) in [6.07, 6.45) is 4.09. The largest absolute Gasteiger partial charge is 0.298 e. The maximum absolute atomic E-state index is 10.3. The lowest BCUT2D eigenvalue weighted by Crippen LogP contribution is -2.71. The Morgan fingerprint density at radius 2 is 1.39 bits per heavy atom. The molecule has 154 valence electrons. The van der Waals surface area contributed by atoms with Crippen LogP contribution >= 0.6 is 31.9 Å². The molecule has 8 heterocycles. The molecule has 0 saturated carbocycles. The van der Waals surface area contributed by atoms with E-state index in [2.05, 4.69) is 68.6 Å². The summed E-state index contributed by atoms with van der Waals surface area (Å²) in [5.41, 5.74) is 0.599. The summed E-state index contributed by atoms with van der Waals surface area (Å²) >= 11 is 6.57. The van der Waals surface area contributed by atoms with Gasteiger partial charge in [0.1, 0.15) is 9.21 Å². The summed E-state index contributed by atoms with van der Waals surface area (Å²) in [6, 6.07) is 1.92. The van der Waals surface area contributed by atoms with Gasteiger partial charge in [0, 0.05) is 13.1 Å². The van der Waals surface area contributed by atoms with Crippen LogP contribution in [0.4, 0.5) is 0 Å². The zero-order valence-electron chi connectivity index (χ0n) is 16.2. The van der Waals surface area contributed by atoms with Gasteiger partial charge in [-0.2, -0.15) is 10.2 Å². The van der Waals surface area contributed by atoms with Crippen LogP contribution in [0.1, 0.15) is 24.2 Å². The Kier molecular flexibility index (Phi) is 7.77. The number of aryl methyl sites for hydroxylation is 2. The number of halogens is 2. The van der Waals surface area contributed by atoms with Gasteiger partial charge >= 0.3 is 0 Å². The number of hydrogen-bond donors (Lipinski definition) is 0. The van der Waals surface area contributed by atoms with Gasteiger partial charge in [0.05, 0.1) is 58.0 Å². The molecule has 6 fully saturated rings. The standard InChI is InChI=1S/C6H7BrN2O.C6H12N4.C5H7BrN2/c1-2-9-6(7)5(4-10)3-8-9;1-7-2-8(1)6-10-3-9(4-10)5-7;1-2-8-5(6)3-4-7-8/h3-4H,2H2,1H3;1-6H2;3-4H,2H2,1H3. The van der Waals surface area contributed by atoms with Crippen LogP contribution < -0.4 is 0 Å². The Morgan fingerprint density at radius 1 is 0.893 bits per heavy atom. The molecular formula is C17H26Br2N8O. The first-order valence-corrected chi connectivity index (χ1v) is 10.9. The van der Waals surface area contributed by atoms with Gasteiger partial charge in [-0.25, -0.2) is 0 Å². The van der Waals surface area contributed by atoms with E-state index in [0.29, 0.717) is 5.56 Å². The summed E-state index contributed by atoms with van der Waals surface area (Å²) in [6.45, 7) is 12.8. The van der Waals surface area contributed by atoms with E-state index >= 15 is 0 Å². The number of hydrogen-bond acceptors (Lipinski definition) is 7. The molecule has 0 unspecified atom stereocenters. The molecule has 2 aromatic rings. The third kappa shape index (κ3) is 5.28. The van der Waals surface area contributed by atoms with Gasteiger partial charge in [-0.05, 0) is 51.8 Å². The zero-order valence-corrected chi connectivity index (χ0v) is 19.4. The third-order valence-corrected chi connectivity index (χ3v) is 6.13. The molecule has 0 amide bonds. The number of aromatic nitrogens is 4. The highest BCUT2D eigenvalue weighted by atomic mass is 79.9. The molecule has 6 saturated heterocycles. The molecule has 6 aliphatic rings. The predicted molar refractivity (Wildman–Crippen MR) is 113 cm³/mol. The first-order valence-electron chi connectivity index (χ1n) is 9.27. The fourth-order valence-electron chi connectivity index (χ4n) is 3.21. The normalized spacial score (nSPS) is 26.9. The van der Waals surface area contributed by atoms with E-state index < -0.39 is 0 Å². The molecule has 0 spiro atoms. The van der Waals surface area contributed by atoms with Crippen molar-refractivity contribution in [1.82, 2.24) is 39.2 Å². The number of aldehydes is 1. The molecule has 9 nitrogen and oxygen atoms in total. The van der Waals surface area contributed by atoms with Crippen LogP contribution in [0.3, 0.4) is 0 Å². The molecule has 0 radical (unpaired) electrons. The quantitative estimate of drug-likeness (QED) is 0.578. The van der Waals surface area contributed by atoms with Gasteiger partial charge in [0.2, 0.25) is 0 Å². The zero-order chi connectivity index (χ0) is 20.1. The molecular weight excluding hydrogens is 492 g/mol. The highest BCUT2D eigenvalue weighted by Gasteiger charge is 2.36. The lowest BCUT2D eigenvalue weighted by Gasteiger charge is -2.56. The van der Waals surface area contributed by atoms with E-state index in [1.165, 1.54) is 40.0 Å². The number of carbonyl (C=O) groups is 1. The smallest absolute Gasteiger partial charge is 0.154 e. The van der Waals surface area contributed by atoms with E-state index in [4.69, 9.17) is 0 Å². The maximum atomic E-state index is 10.3. The Hall–Kier alpha value is -1.11. The summed E-state index contributed by atoms with van der Waals surface area (Å²) < 4.78 is 5.38. The van der Waals surface area contributed by atoms with Crippen molar-refractivity contribution < 1.29 is 4.79 Å². The van der Waals surface area contributed by atoms with Gasteiger partial charge in [0.25, 0.3) is 0 Å². The van der Waals surface area contributed by atoms with Crippen LogP contribution in [-0.2, 0) is 13.1 Å². The molecule has 8 rings (SSSR count). The Morgan fingerprint density at radius 3 is 1.64 bits per heavy atom. The van der Waals surface area contributed by atoms with Crippen LogP contribution in [0.25, 0.3) is 0 Å². The fourth-order valence-corrected chi connectivity index (χ4v) is 4.20. The van der Waals surface area contributed by atoms with Crippen LogP contribution in [0.15, 0.2) is 27.7 Å². The Balaban J connectivity index is 0.000000122. The van der Waals surface area contributed by atoms with Crippen LogP contribution in [0.5, 0.6) is 0 Å². The highest BCUT2D eigenvalue weighted by Crippen LogP contribution is 2.20. The molecule has 6 aliphatic heterocycles. The second-order valence-electron chi connectivity index (χ2n) is 6.83. The van der Waals surface area contributed by atoms with E-state index in [1.807, 2.05) is 17.7 Å². The predicted octanol–water partition coefficient (Wildman–Crippen LogP) is 2.12. The van der Waals surface area contributed by atoms with Crippen LogP contribution in [-0.4, -0.2) is 85.5 Å². The van der Waals surface area contributed by atoms with E-state index in [1.54, 1.807) is 17.1 Å². The summed E-state index contributed by atoms with van der Waals surface area (Å²) in [5.74, 6) is 0. The molecule has 0 atom stereocenters. The Labute approximate surface area is 182 Å². The average Bonchev–Trinajstić information content (AvgIpc) is 3.16. The van der Waals surface area contributed by atoms with Crippen molar-refractivity contribution in [3.63, 3.8) is 0 Å². The van der Waals surface area contributed by atoms with Crippen molar-refractivity contribution in [3.05, 3.63) is 33.2 Å². The lowest BCUT2D eigenvalue weighted by atomic mass is 10.4. The molecule has 28 heavy (non-hydrogen) atoms. The van der Waals surface area contributed by atoms with Crippen molar-refractivity contribution in [2.75, 3.05) is 40.0 Å². The summed E-state index contributed by atoms with van der Waals surface area (Å²) in [7, 11) is 0. The second kappa shape index (κ2) is 10.1. The first-order chi connectivity index (χ1) is 13.5.